The van der Waals surface area contributed by atoms with E-state index in [1.165, 1.54) is 0 Å². The van der Waals surface area contributed by atoms with Crippen molar-refractivity contribution in [1.29, 1.82) is 0 Å². The van der Waals surface area contributed by atoms with Crippen molar-refractivity contribution < 1.29 is 5.11 Å². The molecule has 0 aliphatic carbocycles. The fourth-order valence-electron chi connectivity index (χ4n) is 2.31. The van der Waals surface area contributed by atoms with Crippen LogP contribution in [-0.4, -0.2) is 65.8 Å². The van der Waals surface area contributed by atoms with Crippen molar-refractivity contribution >= 4 is 0 Å². The number of hydrogen-bond donors (Lipinski definition) is 2. The van der Waals surface area contributed by atoms with Crippen LogP contribution in [0, 0.1) is 0 Å². The topological polar surface area (TPSA) is 52.7 Å². The summed E-state index contributed by atoms with van der Waals surface area (Å²) < 4.78 is 0. The minimum Gasteiger partial charge on any atom is -0.395 e. The first kappa shape index (κ1) is 12.9. The summed E-state index contributed by atoms with van der Waals surface area (Å²) >= 11 is 0. The van der Waals surface area contributed by atoms with E-state index in [9.17, 15) is 0 Å². The van der Waals surface area contributed by atoms with Crippen LogP contribution in [-0.2, 0) is 0 Å². The normalized spacial score (nSPS) is 25.4. The van der Waals surface area contributed by atoms with Crippen LogP contribution in [0.2, 0.25) is 0 Å². The molecule has 1 atom stereocenters. The summed E-state index contributed by atoms with van der Waals surface area (Å²) in [5.74, 6) is 0. The highest BCUT2D eigenvalue weighted by molar-refractivity contribution is 4.90. The van der Waals surface area contributed by atoms with Crippen LogP contribution in [0.1, 0.15) is 20.8 Å². The Kier molecular flexibility index (Phi) is 4.52. The molecule has 1 saturated heterocycles. The van der Waals surface area contributed by atoms with E-state index in [1.807, 2.05) is 0 Å². The second-order valence-electron chi connectivity index (χ2n) is 5.24. The molecule has 1 unspecified atom stereocenters. The third kappa shape index (κ3) is 3.72. The zero-order chi connectivity index (χ0) is 11.5. The van der Waals surface area contributed by atoms with E-state index in [2.05, 4.69) is 30.6 Å². The minimum atomic E-state index is 0.168. The fourth-order valence-corrected chi connectivity index (χ4v) is 2.31. The van der Waals surface area contributed by atoms with Gasteiger partial charge in [-0.15, -0.1) is 0 Å². The van der Waals surface area contributed by atoms with Gasteiger partial charge in [0.2, 0.25) is 0 Å². The van der Waals surface area contributed by atoms with Gasteiger partial charge in [0.05, 0.1) is 6.61 Å². The lowest BCUT2D eigenvalue weighted by Crippen LogP contribution is -2.61. The average Bonchev–Trinajstić information content (AvgIpc) is 2.09. The molecule has 4 heteroatoms. The van der Waals surface area contributed by atoms with Crippen molar-refractivity contribution in [1.82, 2.24) is 9.80 Å². The average molecular weight is 215 g/mol. The SMILES string of the molecule is CC(N)CN1CCN(CCO)CC1(C)C. The molecule has 4 nitrogen and oxygen atoms in total. The lowest BCUT2D eigenvalue weighted by Gasteiger charge is -2.47. The number of hydrogen-bond acceptors (Lipinski definition) is 4. The van der Waals surface area contributed by atoms with Gasteiger partial charge < -0.3 is 10.8 Å². The van der Waals surface area contributed by atoms with Crippen molar-refractivity contribution in [2.45, 2.75) is 32.4 Å². The molecule has 1 rings (SSSR count). The van der Waals surface area contributed by atoms with Gasteiger partial charge in [-0.2, -0.15) is 0 Å². The van der Waals surface area contributed by atoms with Gasteiger partial charge in [-0.25, -0.2) is 0 Å². The third-order valence-corrected chi connectivity index (χ3v) is 3.08. The summed E-state index contributed by atoms with van der Waals surface area (Å²) in [5, 5.41) is 8.92. The quantitative estimate of drug-likeness (QED) is 0.677. The van der Waals surface area contributed by atoms with Crippen molar-refractivity contribution in [3.05, 3.63) is 0 Å². The van der Waals surface area contributed by atoms with Gasteiger partial charge in [0.15, 0.2) is 0 Å². The van der Waals surface area contributed by atoms with Crippen LogP contribution in [0.25, 0.3) is 0 Å². The smallest absolute Gasteiger partial charge is 0.0558 e. The summed E-state index contributed by atoms with van der Waals surface area (Å²) in [6, 6.07) is 0.230. The lowest BCUT2D eigenvalue weighted by molar-refractivity contribution is 0.0109. The molecule has 1 aliphatic heterocycles. The number of aliphatic hydroxyl groups excluding tert-OH is 1. The van der Waals surface area contributed by atoms with E-state index in [4.69, 9.17) is 10.8 Å². The number of β-amino-alcohol motifs (C(OH)–C–C–N with tert-alkyl or cyclic N) is 1. The van der Waals surface area contributed by atoms with E-state index in [-0.39, 0.29) is 18.2 Å². The monoisotopic (exact) mass is 215 g/mol. The Labute approximate surface area is 93.0 Å². The van der Waals surface area contributed by atoms with Crippen LogP contribution in [0.4, 0.5) is 0 Å². The molecule has 0 aromatic rings. The number of nitrogens with two attached hydrogens (primary N) is 1. The number of piperazine rings is 1. The molecule has 1 heterocycles. The van der Waals surface area contributed by atoms with Gasteiger partial charge in [0.1, 0.15) is 0 Å². The molecule has 0 aromatic heterocycles. The lowest BCUT2D eigenvalue weighted by atomic mass is 9.98. The first-order chi connectivity index (χ1) is 6.95. The fraction of sp³-hybridized carbons (Fsp3) is 1.00. The molecular formula is C11H25N3O. The minimum absolute atomic E-state index is 0.168. The Bertz CT molecular complexity index is 194. The molecule has 3 N–H and O–H groups in total. The van der Waals surface area contributed by atoms with Crippen LogP contribution >= 0.6 is 0 Å². The molecule has 15 heavy (non-hydrogen) atoms. The van der Waals surface area contributed by atoms with E-state index >= 15 is 0 Å². The molecule has 1 fully saturated rings. The molecule has 90 valence electrons. The summed E-state index contributed by atoms with van der Waals surface area (Å²) in [4.78, 5) is 4.77. The Balaban J connectivity index is 2.50. The molecule has 0 radical (unpaired) electrons. The van der Waals surface area contributed by atoms with Crippen molar-refractivity contribution in [2.75, 3.05) is 39.3 Å². The first-order valence-corrected chi connectivity index (χ1v) is 5.79. The number of nitrogens with zero attached hydrogens (tertiary/aromatic N) is 2. The predicted octanol–water partition coefficient (Wildman–Crippen LogP) is -0.278. The summed E-state index contributed by atoms with van der Waals surface area (Å²) in [5.41, 5.74) is 6.01. The maximum absolute atomic E-state index is 8.92. The standard InChI is InChI=1S/C11H25N3O/c1-10(12)8-14-5-4-13(6-7-15)9-11(14,2)3/h10,15H,4-9,12H2,1-3H3. The van der Waals surface area contributed by atoms with Gasteiger partial charge in [-0.05, 0) is 20.8 Å². The number of rotatable bonds is 4. The highest BCUT2D eigenvalue weighted by Gasteiger charge is 2.33. The Morgan fingerprint density at radius 3 is 2.53 bits per heavy atom. The second kappa shape index (κ2) is 5.25. The largest absolute Gasteiger partial charge is 0.395 e. The van der Waals surface area contributed by atoms with Gasteiger partial charge in [-0.3, -0.25) is 9.80 Å². The van der Waals surface area contributed by atoms with E-state index in [0.29, 0.717) is 0 Å². The van der Waals surface area contributed by atoms with Gasteiger partial charge in [0.25, 0.3) is 0 Å². The Hall–Kier alpha value is -0.160. The van der Waals surface area contributed by atoms with Gasteiger partial charge in [-0.1, -0.05) is 0 Å². The maximum atomic E-state index is 8.92. The van der Waals surface area contributed by atoms with Crippen molar-refractivity contribution in [3.63, 3.8) is 0 Å². The van der Waals surface area contributed by atoms with E-state index in [0.717, 1.165) is 32.7 Å². The molecule has 0 bridgehead atoms. The van der Waals surface area contributed by atoms with E-state index < -0.39 is 0 Å². The first-order valence-electron chi connectivity index (χ1n) is 5.79. The highest BCUT2D eigenvalue weighted by atomic mass is 16.3. The molecule has 0 spiro atoms. The second-order valence-corrected chi connectivity index (χ2v) is 5.24. The van der Waals surface area contributed by atoms with Crippen LogP contribution in [0.5, 0.6) is 0 Å². The predicted molar refractivity (Wildman–Crippen MR) is 62.8 cm³/mol. The zero-order valence-corrected chi connectivity index (χ0v) is 10.2. The third-order valence-electron chi connectivity index (χ3n) is 3.08. The highest BCUT2D eigenvalue weighted by Crippen LogP contribution is 2.20. The van der Waals surface area contributed by atoms with Crippen LogP contribution < -0.4 is 5.73 Å². The zero-order valence-electron chi connectivity index (χ0n) is 10.2. The van der Waals surface area contributed by atoms with Gasteiger partial charge >= 0.3 is 0 Å². The number of aliphatic hydroxyl groups is 1. The van der Waals surface area contributed by atoms with Crippen molar-refractivity contribution in [2.24, 2.45) is 5.73 Å². The van der Waals surface area contributed by atoms with Crippen molar-refractivity contribution in [3.8, 4) is 0 Å². The Morgan fingerprint density at radius 1 is 1.40 bits per heavy atom. The van der Waals surface area contributed by atoms with Crippen LogP contribution in [0.15, 0.2) is 0 Å². The molecule has 1 aliphatic rings. The molecular weight excluding hydrogens is 190 g/mol. The summed E-state index contributed by atoms with van der Waals surface area (Å²) in [6.45, 7) is 11.7. The van der Waals surface area contributed by atoms with E-state index in [1.54, 1.807) is 0 Å². The van der Waals surface area contributed by atoms with Gasteiger partial charge in [0, 0.05) is 44.3 Å². The summed E-state index contributed by atoms with van der Waals surface area (Å²) in [6.07, 6.45) is 0. The van der Waals surface area contributed by atoms with Crippen LogP contribution in [0.3, 0.4) is 0 Å². The molecule has 0 aromatic carbocycles. The Morgan fingerprint density at radius 2 is 2.07 bits per heavy atom. The molecule has 0 amide bonds. The maximum Gasteiger partial charge on any atom is 0.0558 e. The summed E-state index contributed by atoms with van der Waals surface area (Å²) in [7, 11) is 0. The molecule has 0 saturated carbocycles.